The third kappa shape index (κ3) is 34.7. The lowest BCUT2D eigenvalue weighted by Crippen LogP contribution is -2.65. The lowest BCUT2D eigenvalue weighted by atomic mass is 9.97. The molecule has 2 fully saturated rings. The summed E-state index contributed by atoms with van der Waals surface area (Å²) in [5.74, 6) is -0.233. The summed E-state index contributed by atoms with van der Waals surface area (Å²) in [4.78, 5) is 13.3. The van der Waals surface area contributed by atoms with E-state index in [1.54, 1.807) is 6.08 Å². The van der Waals surface area contributed by atoms with Crippen molar-refractivity contribution in [2.45, 2.75) is 364 Å². The van der Waals surface area contributed by atoms with Crippen molar-refractivity contribution in [1.29, 1.82) is 0 Å². The SMILES string of the molecule is CCCCCCCCCCCCCC/C=C/C(O)C(COC1OC(CO)C(OC2OC(CO)C(O)C(O)C2O)C(O)C1O)NC(=O)CCCCCCCCCCCCCCCCCCCCCCCCCCCCCCC. The minimum atomic E-state index is -1.79. The first-order valence-electron chi connectivity index (χ1n) is 32.4. The van der Waals surface area contributed by atoms with E-state index in [0.29, 0.717) is 6.42 Å². The van der Waals surface area contributed by atoms with Gasteiger partial charge < -0.3 is 65.1 Å². The van der Waals surface area contributed by atoms with Gasteiger partial charge in [0.05, 0.1) is 32.0 Å². The average molecular weight is 1100 g/mol. The maximum atomic E-state index is 13.3. The summed E-state index contributed by atoms with van der Waals surface area (Å²) in [5.41, 5.74) is 0. The maximum absolute atomic E-state index is 13.3. The molecule has 2 aliphatic heterocycles. The molecule has 0 spiro atoms. The van der Waals surface area contributed by atoms with Gasteiger partial charge in [-0.2, -0.15) is 0 Å². The molecule has 77 heavy (non-hydrogen) atoms. The Morgan fingerprint density at radius 1 is 0.455 bits per heavy atom. The van der Waals surface area contributed by atoms with Crippen molar-refractivity contribution in [2.24, 2.45) is 0 Å². The summed E-state index contributed by atoms with van der Waals surface area (Å²) >= 11 is 0. The summed E-state index contributed by atoms with van der Waals surface area (Å²) in [7, 11) is 0. The highest BCUT2D eigenvalue weighted by molar-refractivity contribution is 5.76. The zero-order chi connectivity index (χ0) is 56.0. The van der Waals surface area contributed by atoms with Crippen LogP contribution < -0.4 is 5.32 Å². The predicted octanol–water partition coefficient (Wildman–Crippen LogP) is 11.8. The van der Waals surface area contributed by atoms with E-state index >= 15 is 0 Å². The summed E-state index contributed by atoms with van der Waals surface area (Å²) in [5, 5.41) is 87.1. The number of carbonyl (C=O) groups is 1. The van der Waals surface area contributed by atoms with Gasteiger partial charge in [-0.3, -0.25) is 4.79 Å². The number of aliphatic hydroxyl groups is 8. The molecular weight excluding hydrogens is 979 g/mol. The van der Waals surface area contributed by atoms with E-state index in [0.717, 1.165) is 38.5 Å². The topological polar surface area (TPSA) is 228 Å². The van der Waals surface area contributed by atoms with Crippen molar-refractivity contribution in [1.82, 2.24) is 5.32 Å². The number of nitrogens with one attached hydrogen (secondary N) is 1. The van der Waals surface area contributed by atoms with Crippen LogP contribution in [0.1, 0.15) is 290 Å². The second kappa shape index (κ2) is 49.3. The van der Waals surface area contributed by atoms with Crippen molar-refractivity contribution in [2.75, 3.05) is 19.8 Å². The van der Waals surface area contributed by atoms with Crippen molar-refractivity contribution in [3.05, 3.63) is 12.2 Å². The summed E-state index contributed by atoms with van der Waals surface area (Å²) in [6, 6.07) is -0.909. The Labute approximate surface area is 469 Å². The molecule has 12 unspecified atom stereocenters. The highest BCUT2D eigenvalue weighted by atomic mass is 16.7. The number of amides is 1. The summed E-state index contributed by atoms with van der Waals surface area (Å²) in [6.07, 6.45) is 41.3. The number of hydrogen-bond acceptors (Lipinski definition) is 13. The minimum absolute atomic E-state index is 0.233. The molecular formula is C63H121NO13. The monoisotopic (exact) mass is 1100 g/mol. The fourth-order valence-corrected chi connectivity index (χ4v) is 11.0. The molecule has 0 aromatic carbocycles. The molecule has 2 saturated heterocycles. The molecule has 0 aromatic rings. The van der Waals surface area contributed by atoms with Crippen LogP contribution in [0.2, 0.25) is 0 Å². The third-order valence-electron chi connectivity index (χ3n) is 16.2. The average Bonchev–Trinajstić information content (AvgIpc) is 3.44. The van der Waals surface area contributed by atoms with Crippen molar-refractivity contribution < 1.29 is 64.6 Å². The molecule has 1 amide bonds. The molecule has 2 aliphatic rings. The van der Waals surface area contributed by atoms with Crippen LogP contribution in [0.25, 0.3) is 0 Å². The molecule has 0 aromatic heterocycles. The second-order valence-corrected chi connectivity index (χ2v) is 23.3. The molecule has 2 heterocycles. The fraction of sp³-hybridized carbons (Fsp3) is 0.952. The standard InChI is InChI=1S/C63H121NO13/c1-3-5-7-9-11-13-15-17-19-20-21-22-23-24-25-26-27-28-29-30-31-32-33-35-37-39-41-43-45-47-55(68)64-51(52(67)46-44-42-40-38-36-34-18-16-14-12-10-8-6-4-2)50-74-62-60(73)58(71)61(54(49-66)76-62)77-63-59(72)57(70)56(69)53(48-65)75-63/h44,46,51-54,56-63,65-67,69-73H,3-43,45,47-50H2,1-2H3,(H,64,68)/b46-44+. The van der Waals surface area contributed by atoms with Crippen molar-refractivity contribution in [3.8, 4) is 0 Å². The highest BCUT2D eigenvalue weighted by Crippen LogP contribution is 2.30. The van der Waals surface area contributed by atoms with Crippen LogP contribution in [0.3, 0.4) is 0 Å². The van der Waals surface area contributed by atoms with Gasteiger partial charge in [0.1, 0.15) is 48.8 Å². The number of allylic oxidation sites excluding steroid dienone is 1. The Morgan fingerprint density at radius 3 is 1.19 bits per heavy atom. The fourth-order valence-electron chi connectivity index (χ4n) is 11.0. The molecule has 0 saturated carbocycles. The molecule has 14 nitrogen and oxygen atoms in total. The summed E-state index contributed by atoms with van der Waals surface area (Å²) < 4.78 is 22.8. The molecule has 12 atom stereocenters. The van der Waals surface area contributed by atoms with E-state index in [1.165, 1.54) is 225 Å². The zero-order valence-electron chi connectivity index (χ0n) is 49.2. The Kier molecular flexibility index (Phi) is 46.0. The number of ether oxygens (including phenoxy) is 4. The number of unbranched alkanes of at least 4 members (excludes halogenated alkanes) is 40. The van der Waals surface area contributed by atoms with E-state index in [-0.39, 0.29) is 18.9 Å². The van der Waals surface area contributed by atoms with E-state index in [4.69, 9.17) is 18.9 Å². The van der Waals surface area contributed by atoms with E-state index in [1.807, 2.05) is 6.08 Å². The highest BCUT2D eigenvalue weighted by Gasteiger charge is 2.51. The van der Waals surface area contributed by atoms with Crippen LogP contribution in [0, 0.1) is 0 Å². The molecule has 456 valence electrons. The predicted molar refractivity (Wildman–Crippen MR) is 309 cm³/mol. The van der Waals surface area contributed by atoms with E-state index in [2.05, 4.69) is 19.2 Å². The zero-order valence-corrected chi connectivity index (χ0v) is 49.2. The molecule has 0 bridgehead atoms. The first-order valence-corrected chi connectivity index (χ1v) is 32.4. The van der Waals surface area contributed by atoms with Crippen LogP contribution in [0.15, 0.2) is 12.2 Å². The first kappa shape index (κ1) is 71.8. The minimum Gasteiger partial charge on any atom is -0.394 e. The number of carbonyl (C=O) groups excluding carboxylic acids is 1. The number of hydrogen-bond donors (Lipinski definition) is 9. The Balaban J connectivity index is 1.66. The quantitative estimate of drug-likeness (QED) is 0.0204. The normalized spacial score (nSPS) is 24.7. The van der Waals surface area contributed by atoms with Gasteiger partial charge in [-0.05, 0) is 19.3 Å². The van der Waals surface area contributed by atoms with Gasteiger partial charge in [0.15, 0.2) is 12.6 Å². The van der Waals surface area contributed by atoms with Crippen LogP contribution in [-0.4, -0.2) is 140 Å². The van der Waals surface area contributed by atoms with Gasteiger partial charge in [0.2, 0.25) is 5.91 Å². The smallest absolute Gasteiger partial charge is 0.220 e. The molecule has 9 N–H and O–H groups in total. The third-order valence-corrected chi connectivity index (χ3v) is 16.2. The Bertz CT molecular complexity index is 1340. The van der Waals surface area contributed by atoms with Gasteiger partial charge in [0, 0.05) is 6.42 Å². The molecule has 0 aliphatic carbocycles. The van der Waals surface area contributed by atoms with Gasteiger partial charge in [0.25, 0.3) is 0 Å². The first-order chi connectivity index (χ1) is 37.6. The van der Waals surface area contributed by atoms with Crippen LogP contribution in [0.5, 0.6) is 0 Å². The largest absolute Gasteiger partial charge is 0.394 e. The molecule has 0 radical (unpaired) electrons. The number of aliphatic hydroxyl groups excluding tert-OH is 8. The van der Waals surface area contributed by atoms with E-state index < -0.39 is 86.8 Å². The maximum Gasteiger partial charge on any atom is 0.220 e. The van der Waals surface area contributed by atoms with Crippen LogP contribution in [0.4, 0.5) is 0 Å². The van der Waals surface area contributed by atoms with Gasteiger partial charge in [-0.15, -0.1) is 0 Å². The van der Waals surface area contributed by atoms with Gasteiger partial charge >= 0.3 is 0 Å². The Morgan fingerprint density at radius 2 is 0.805 bits per heavy atom. The Hall–Kier alpha value is -1.27. The van der Waals surface area contributed by atoms with Crippen LogP contribution in [-0.2, 0) is 23.7 Å². The van der Waals surface area contributed by atoms with Gasteiger partial charge in [-0.1, -0.05) is 276 Å². The molecule has 14 heteroatoms. The molecule has 2 rings (SSSR count). The van der Waals surface area contributed by atoms with Crippen molar-refractivity contribution >= 4 is 5.91 Å². The lowest BCUT2D eigenvalue weighted by molar-refractivity contribution is -0.359. The second-order valence-electron chi connectivity index (χ2n) is 23.3. The van der Waals surface area contributed by atoms with E-state index in [9.17, 15) is 45.6 Å². The van der Waals surface area contributed by atoms with Gasteiger partial charge in [-0.25, -0.2) is 0 Å². The van der Waals surface area contributed by atoms with Crippen LogP contribution >= 0.6 is 0 Å². The summed E-state index contributed by atoms with van der Waals surface area (Å²) in [6.45, 7) is 2.83. The lowest BCUT2D eigenvalue weighted by Gasteiger charge is -2.46. The van der Waals surface area contributed by atoms with Crippen molar-refractivity contribution in [3.63, 3.8) is 0 Å². The number of rotatable bonds is 53.